The number of nitrogens with zero attached hydrogens (tertiary/aromatic N) is 4. The fourth-order valence-electron chi connectivity index (χ4n) is 2.66. The van der Waals surface area contributed by atoms with E-state index >= 15 is 0 Å². The minimum absolute atomic E-state index is 0.104. The lowest BCUT2D eigenvalue weighted by molar-refractivity contribution is -0.137. The number of aromatic nitrogens is 2. The molecule has 1 aliphatic heterocycles. The van der Waals surface area contributed by atoms with Gasteiger partial charge in [-0.2, -0.15) is 18.3 Å². The van der Waals surface area contributed by atoms with E-state index in [4.69, 9.17) is 6.57 Å². The molecule has 0 bridgehead atoms. The number of rotatable bonds is 2. The molecule has 1 atom stereocenters. The third kappa shape index (κ3) is 2.64. The van der Waals surface area contributed by atoms with Crippen LogP contribution in [0.5, 0.6) is 0 Å². The first kappa shape index (κ1) is 14.4. The van der Waals surface area contributed by atoms with Crippen LogP contribution in [0.2, 0.25) is 0 Å². The van der Waals surface area contributed by atoms with Crippen molar-refractivity contribution in [2.75, 3.05) is 18.0 Å². The number of hydrogen-bond donors (Lipinski definition) is 0. The second-order valence-electron chi connectivity index (χ2n) is 5.23. The maximum atomic E-state index is 12.7. The second kappa shape index (κ2) is 5.37. The molecule has 1 unspecified atom stereocenters. The molecule has 0 N–H and O–H groups in total. The smallest absolute Gasteiger partial charge is 0.326 e. The van der Waals surface area contributed by atoms with E-state index in [9.17, 15) is 13.2 Å². The predicted molar refractivity (Wildman–Crippen MR) is 75.6 cm³/mol. The summed E-state index contributed by atoms with van der Waals surface area (Å²) in [5.74, 6) is 0.938. The highest BCUT2D eigenvalue weighted by Gasteiger charge is 2.31. The van der Waals surface area contributed by atoms with Crippen molar-refractivity contribution in [1.82, 2.24) is 9.78 Å². The molecule has 4 nitrogen and oxygen atoms in total. The molecule has 0 saturated heterocycles. The van der Waals surface area contributed by atoms with Gasteiger partial charge in [0, 0.05) is 18.3 Å². The maximum Gasteiger partial charge on any atom is 0.416 e. The highest BCUT2D eigenvalue weighted by atomic mass is 19.4. The summed E-state index contributed by atoms with van der Waals surface area (Å²) >= 11 is 0. The molecule has 3 rings (SSSR count). The van der Waals surface area contributed by atoms with Gasteiger partial charge in [0.15, 0.2) is 0 Å². The molecule has 0 aliphatic carbocycles. The van der Waals surface area contributed by atoms with Crippen LogP contribution in [0.4, 0.5) is 24.7 Å². The summed E-state index contributed by atoms with van der Waals surface area (Å²) in [6, 6.07) is 6.90. The number of hydrogen-bond acceptors (Lipinski definition) is 2. The van der Waals surface area contributed by atoms with Crippen molar-refractivity contribution in [1.29, 1.82) is 0 Å². The van der Waals surface area contributed by atoms with Crippen molar-refractivity contribution in [2.45, 2.75) is 12.7 Å². The van der Waals surface area contributed by atoms with Crippen LogP contribution in [0, 0.1) is 12.5 Å². The van der Waals surface area contributed by atoms with Gasteiger partial charge in [0.1, 0.15) is 5.82 Å². The van der Waals surface area contributed by atoms with E-state index in [2.05, 4.69) is 9.94 Å². The summed E-state index contributed by atoms with van der Waals surface area (Å²) in [5, 5.41) is 4.21. The monoisotopic (exact) mass is 306 g/mol. The zero-order chi connectivity index (χ0) is 15.7. The molecule has 22 heavy (non-hydrogen) atoms. The van der Waals surface area contributed by atoms with Crippen molar-refractivity contribution in [2.24, 2.45) is 5.92 Å². The van der Waals surface area contributed by atoms with Gasteiger partial charge in [-0.15, -0.1) is 0 Å². The van der Waals surface area contributed by atoms with E-state index in [1.807, 2.05) is 11.0 Å². The Bertz CT molecular complexity index is 697. The Morgan fingerprint density at radius 1 is 1.18 bits per heavy atom. The first-order chi connectivity index (χ1) is 10.5. The fraction of sp³-hybridized carbons (Fsp3) is 0.333. The van der Waals surface area contributed by atoms with Gasteiger partial charge in [-0.25, -0.2) is 11.3 Å². The number of halogens is 3. The number of fused-ring (bicyclic) bond motifs is 1. The van der Waals surface area contributed by atoms with Gasteiger partial charge in [-0.05, 0) is 24.3 Å². The molecule has 7 heteroatoms. The third-order valence-corrected chi connectivity index (χ3v) is 3.70. The van der Waals surface area contributed by atoms with E-state index in [0.29, 0.717) is 25.3 Å². The van der Waals surface area contributed by atoms with E-state index in [1.54, 1.807) is 10.9 Å². The lowest BCUT2D eigenvalue weighted by Crippen LogP contribution is -2.36. The van der Waals surface area contributed by atoms with Gasteiger partial charge in [0.25, 0.3) is 0 Å². The van der Waals surface area contributed by atoms with Crippen LogP contribution in [0.1, 0.15) is 5.56 Å². The summed E-state index contributed by atoms with van der Waals surface area (Å²) < 4.78 is 39.7. The molecule has 0 saturated carbocycles. The van der Waals surface area contributed by atoms with Gasteiger partial charge < -0.3 is 9.74 Å². The average molecular weight is 306 g/mol. The van der Waals surface area contributed by atoms with E-state index in [-0.39, 0.29) is 5.92 Å². The minimum Gasteiger partial charge on any atom is -0.326 e. The molecule has 114 valence electrons. The summed E-state index contributed by atoms with van der Waals surface area (Å²) in [6.45, 7) is 8.63. The van der Waals surface area contributed by atoms with Crippen molar-refractivity contribution >= 4 is 11.5 Å². The Balaban J connectivity index is 1.92. The molecule has 0 spiro atoms. The molecule has 0 fully saturated rings. The Kier molecular flexibility index (Phi) is 3.53. The van der Waals surface area contributed by atoms with Crippen LogP contribution >= 0.6 is 0 Å². The summed E-state index contributed by atoms with van der Waals surface area (Å²) in [5.41, 5.74) is 0.00362. The Morgan fingerprint density at radius 3 is 2.55 bits per heavy atom. The summed E-state index contributed by atoms with van der Waals surface area (Å²) in [6.07, 6.45) is -2.68. The molecule has 1 aliphatic rings. The first-order valence-corrected chi connectivity index (χ1v) is 6.79. The van der Waals surface area contributed by atoms with Crippen LogP contribution in [0.15, 0.2) is 36.5 Å². The predicted octanol–water partition coefficient (Wildman–Crippen LogP) is 3.59. The molecule has 1 aromatic carbocycles. The molecule has 1 aromatic heterocycles. The van der Waals surface area contributed by atoms with Crippen LogP contribution < -0.4 is 4.90 Å². The molecular formula is C15H13F3N4. The molecule has 2 aromatic rings. The zero-order valence-corrected chi connectivity index (χ0v) is 11.6. The standard InChI is InChI=1S/C15H13F3N4/c1-19-8-11-9-21(14-6-7-20-22(14)10-11)13-4-2-12(3-5-13)15(16,17)18/h2-7,11H,8-10H2. The van der Waals surface area contributed by atoms with Crippen molar-refractivity contribution < 1.29 is 13.2 Å². The van der Waals surface area contributed by atoms with Crippen LogP contribution in [-0.2, 0) is 12.7 Å². The highest BCUT2D eigenvalue weighted by molar-refractivity contribution is 5.61. The maximum absolute atomic E-state index is 12.7. The molecular weight excluding hydrogens is 293 g/mol. The van der Waals surface area contributed by atoms with E-state index in [0.717, 1.165) is 18.0 Å². The van der Waals surface area contributed by atoms with Crippen molar-refractivity contribution in [3.63, 3.8) is 0 Å². The van der Waals surface area contributed by atoms with Gasteiger partial charge in [0.2, 0.25) is 6.54 Å². The Labute approximate surface area is 125 Å². The SMILES string of the molecule is [C-]#[N+]CC1CN(c2ccc(C(F)(F)F)cc2)c2ccnn2C1. The van der Waals surface area contributed by atoms with Crippen molar-refractivity contribution in [3.05, 3.63) is 53.5 Å². The largest absolute Gasteiger partial charge is 0.416 e. The third-order valence-electron chi connectivity index (χ3n) is 3.70. The Hall–Kier alpha value is -2.49. The molecule has 0 radical (unpaired) electrons. The van der Waals surface area contributed by atoms with E-state index in [1.165, 1.54) is 12.1 Å². The van der Waals surface area contributed by atoms with Crippen LogP contribution in [-0.4, -0.2) is 22.9 Å². The molecule has 2 heterocycles. The van der Waals surface area contributed by atoms with Crippen molar-refractivity contribution in [3.8, 4) is 0 Å². The van der Waals surface area contributed by atoms with Gasteiger partial charge >= 0.3 is 6.18 Å². The summed E-state index contributed by atoms with van der Waals surface area (Å²) in [7, 11) is 0. The summed E-state index contributed by atoms with van der Waals surface area (Å²) in [4.78, 5) is 5.33. The van der Waals surface area contributed by atoms with Gasteiger partial charge in [-0.1, -0.05) is 0 Å². The minimum atomic E-state index is -4.34. The lowest BCUT2D eigenvalue weighted by Gasteiger charge is -2.33. The fourth-order valence-corrected chi connectivity index (χ4v) is 2.66. The number of anilines is 2. The van der Waals surface area contributed by atoms with Gasteiger partial charge in [-0.3, -0.25) is 0 Å². The average Bonchev–Trinajstić information content (AvgIpc) is 2.94. The number of benzene rings is 1. The van der Waals surface area contributed by atoms with Crippen LogP contribution in [0.3, 0.4) is 0 Å². The lowest BCUT2D eigenvalue weighted by atomic mass is 10.1. The quantitative estimate of drug-likeness (QED) is 0.792. The first-order valence-electron chi connectivity index (χ1n) is 6.79. The Morgan fingerprint density at radius 2 is 1.91 bits per heavy atom. The molecule has 0 amide bonds. The van der Waals surface area contributed by atoms with Crippen LogP contribution in [0.25, 0.3) is 4.85 Å². The highest BCUT2D eigenvalue weighted by Crippen LogP contribution is 2.34. The normalized spacial score (nSPS) is 17.9. The number of alkyl halides is 3. The second-order valence-corrected chi connectivity index (χ2v) is 5.23. The zero-order valence-electron chi connectivity index (χ0n) is 11.6. The van der Waals surface area contributed by atoms with E-state index < -0.39 is 11.7 Å². The topological polar surface area (TPSA) is 25.4 Å². The van der Waals surface area contributed by atoms with Gasteiger partial charge in [0.05, 0.1) is 24.2 Å².